The summed E-state index contributed by atoms with van der Waals surface area (Å²) in [6.07, 6.45) is -1.02. The monoisotopic (exact) mass is 224 g/mol. The largest absolute Gasteiger partial charge is 0.377 e. The summed E-state index contributed by atoms with van der Waals surface area (Å²) in [5.41, 5.74) is -1.08. The number of hydrogen-bond donors (Lipinski definition) is 2. The maximum atomic E-state index is 11.7. The third-order valence-electron chi connectivity index (χ3n) is 2.33. The van der Waals surface area contributed by atoms with E-state index < -0.39 is 17.7 Å². The minimum Gasteiger partial charge on any atom is -0.377 e. The van der Waals surface area contributed by atoms with Crippen molar-refractivity contribution in [3.05, 3.63) is 35.9 Å². The summed E-state index contributed by atoms with van der Waals surface area (Å²) < 4.78 is 4.76. The van der Waals surface area contributed by atoms with E-state index in [-0.39, 0.29) is 6.61 Å². The zero-order chi connectivity index (χ0) is 12.2. The van der Waals surface area contributed by atoms with Crippen LogP contribution in [0.3, 0.4) is 0 Å². The van der Waals surface area contributed by atoms with Crippen LogP contribution in [0.15, 0.2) is 30.3 Å². The van der Waals surface area contributed by atoms with E-state index in [1.54, 1.807) is 30.3 Å². The number of ether oxygens (including phenoxy) is 1. The molecule has 0 radical (unpaired) electrons. The number of rotatable bonds is 5. The van der Waals surface area contributed by atoms with E-state index in [4.69, 9.17) is 9.84 Å². The number of aliphatic hydroxyl groups excluding tert-OH is 1. The van der Waals surface area contributed by atoms with E-state index in [2.05, 4.69) is 0 Å². The highest BCUT2D eigenvalue weighted by Crippen LogP contribution is 2.21. The number of benzene rings is 1. The van der Waals surface area contributed by atoms with Crippen molar-refractivity contribution in [3.8, 4) is 0 Å². The highest BCUT2D eigenvalue weighted by Gasteiger charge is 2.32. The molecule has 0 aliphatic carbocycles. The molecule has 0 saturated carbocycles. The molecule has 0 aliphatic rings. The van der Waals surface area contributed by atoms with Gasteiger partial charge in [-0.15, -0.1) is 0 Å². The molecule has 2 unspecified atom stereocenters. The maximum absolute atomic E-state index is 11.7. The lowest BCUT2D eigenvalue weighted by Crippen LogP contribution is -2.36. The summed E-state index contributed by atoms with van der Waals surface area (Å²) in [5, 5.41) is 18.9. The van der Waals surface area contributed by atoms with E-state index in [0.29, 0.717) is 5.56 Å². The molecular formula is C12H16O4. The first-order valence-electron chi connectivity index (χ1n) is 5.05. The van der Waals surface area contributed by atoms with E-state index in [1.807, 2.05) is 0 Å². The summed E-state index contributed by atoms with van der Waals surface area (Å²) in [4.78, 5) is 11.7. The van der Waals surface area contributed by atoms with Gasteiger partial charge in [0.05, 0.1) is 0 Å². The van der Waals surface area contributed by atoms with Crippen molar-refractivity contribution in [3.63, 3.8) is 0 Å². The number of ketones is 1. The molecule has 16 heavy (non-hydrogen) atoms. The van der Waals surface area contributed by atoms with Gasteiger partial charge in [0, 0.05) is 0 Å². The Morgan fingerprint density at radius 2 is 2.00 bits per heavy atom. The van der Waals surface area contributed by atoms with Gasteiger partial charge in [-0.3, -0.25) is 4.79 Å². The Bertz CT molecular complexity index is 343. The molecule has 0 saturated heterocycles. The summed E-state index contributed by atoms with van der Waals surface area (Å²) in [6, 6.07) is 8.62. The van der Waals surface area contributed by atoms with E-state index in [1.165, 1.54) is 13.8 Å². The number of carbonyl (C=O) groups excluding carboxylic acids is 1. The minimum absolute atomic E-state index is 0.320. The second-order valence-corrected chi connectivity index (χ2v) is 3.77. The predicted molar refractivity (Wildman–Crippen MR) is 58.7 cm³/mol. The van der Waals surface area contributed by atoms with Crippen LogP contribution in [0, 0.1) is 0 Å². The summed E-state index contributed by atoms with van der Waals surface area (Å²) in [6.45, 7) is 2.50. The lowest BCUT2D eigenvalue weighted by atomic mass is 9.92. The van der Waals surface area contributed by atoms with E-state index >= 15 is 0 Å². The quantitative estimate of drug-likeness (QED) is 0.727. The van der Waals surface area contributed by atoms with Gasteiger partial charge in [-0.25, -0.2) is 0 Å². The van der Waals surface area contributed by atoms with Crippen LogP contribution in [-0.4, -0.2) is 28.9 Å². The molecule has 0 fully saturated rings. The van der Waals surface area contributed by atoms with Crippen molar-refractivity contribution >= 4 is 5.78 Å². The van der Waals surface area contributed by atoms with E-state index in [0.717, 1.165) is 0 Å². The topological polar surface area (TPSA) is 66.8 Å². The van der Waals surface area contributed by atoms with Crippen LogP contribution in [0.4, 0.5) is 0 Å². The minimum atomic E-state index is -1.59. The van der Waals surface area contributed by atoms with Crippen molar-refractivity contribution < 1.29 is 19.7 Å². The fourth-order valence-corrected chi connectivity index (χ4v) is 1.26. The van der Waals surface area contributed by atoms with E-state index in [9.17, 15) is 9.90 Å². The molecule has 0 heterocycles. The van der Waals surface area contributed by atoms with Crippen LogP contribution in [0.1, 0.15) is 19.4 Å². The van der Waals surface area contributed by atoms with Crippen molar-refractivity contribution in [2.75, 3.05) is 6.61 Å². The molecule has 1 aromatic carbocycles. The predicted octanol–water partition coefficient (Wildman–Crippen LogP) is 0.818. The number of Topliss-reactive ketones (excluding diaryl/α,β-unsaturated/α-hetero) is 1. The zero-order valence-electron chi connectivity index (χ0n) is 9.38. The fourth-order valence-electron chi connectivity index (χ4n) is 1.26. The van der Waals surface area contributed by atoms with Crippen LogP contribution in [0.25, 0.3) is 0 Å². The van der Waals surface area contributed by atoms with Gasteiger partial charge in [-0.05, 0) is 19.4 Å². The standard InChI is InChI=1S/C12H16O4/c1-9(13)16-8-11(14)12(2,15)10-6-4-3-5-7-10/h3-7,9,13,15H,8H2,1-2H3. The Balaban J connectivity index is 2.74. The van der Waals surface area contributed by atoms with Gasteiger partial charge < -0.3 is 14.9 Å². The Morgan fingerprint density at radius 3 is 2.50 bits per heavy atom. The normalized spacial score (nSPS) is 16.5. The lowest BCUT2D eigenvalue weighted by molar-refractivity contribution is -0.152. The number of carbonyl (C=O) groups is 1. The molecule has 0 aliphatic heterocycles. The second-order valence-electron chi connectivity index (χ2n) is 3.77. The van der Waals surface area contributed by atoms with Gasteiger partial charge in [0.2, 0.25) is 0 Å². The molecular weight excluding hydrogens is 208 g/mol. The SMILES string of the molecule is CC(O)OCC(=O)C(C)(O)c1ccccc1. The third kappa shape index (κ3) is 3.13. The van der Waals surface area contributed by atoms with Gasteiger partial charge in [-0.1, -0.05) is 30.3 Å². The molecule has 88 valence electrons. The van der Waals surface area contributed by atoms with Crippen LogP contribution >= 0.6 is 0 Å². The van der Waals surface area contributed by atoms with Gasteiger partial charge >= 0.3 is 0 Å². The van der Waals surface area contributed by atoms with Crippen molar-refractivity contribution in [1.82, 2.24) is 0 Å². The Hall–Kier alpha value is -1.23. The lowest BCUT2D eigenvalue weighted by Gasteiger charge is -2.22. The highest BCUT2D eigenvalue weighted by atomic mass is 16.6. The molecule has 0 bridgehead atoms. The smallest absolute Gasteiger partial charge is 0.194 e. The molecule has 2 atom stereocenters. The first-order valence-corrected chi connectivity index (χ1v) is 5.05. The second kappa shape index (κ2) is 5.21. The van der Waals surface area contributed by atoms with Gasteiger partial charge in [0.25, 0.3) is 0 Å². The summed E-state index contributed by atoms with van der Waals surface area (Å²) >= 11 is 0. The van der Waals surface area contributed by atoms with Gasteiger partial charge in [-0.2, -0.15) is 0 Å². The Morgan fingerprint density at radius 1 is 1.44 bits per heavy atom. The molecule has 0 aromatic heterocycles. The van der Waals surface area contributed by atoms with Crippen LogP contribution in [-0.2, 0) is 15.1 Å². The first-order chi connectivity index (χ1) is 7.44. The summed E-state index contributed by atoms with van der Waals surface area (Å²) in [7, 11) is 0. The van der Waals surface area contributed by atoms with Crippen molar-refractivity contribution in [1.29, 1.82) is 0 Å². The average molecular weight is 224 g/mol. The Labute approximate surface area is 94.5 Å². The van der Waals surface area contributed by atoms with Crippen molar-refractivity contribution in [2.24, 2.45) is 0 Å². The molecule has 2 N–H and O–H groups in total. The molecule has 0 amide bonds. The molecule has 1 rings (SSSR count). The fraction of sp³-hybridized carbons (Fsp3) is 0.417. The number of hydrogen-bond acceptors (Lipinski definition) is 4. The zero-order valence-corrected chi connectivity index (χ0v) is 9.38. The van der Waals surface area contributed by atoms with Gasteiger partial charge in [0.15, 0.2) is 12.1 Å². The number of aliphatic hydroxyl groups is 2. The summed E-state index contributed by atoms with van der Waals surface area (Å²) in [5.74, 6) is -0.486. The first kappa shape index (κ1) is 12.8. The van der Waals surface area contributed by atoms with Crippen LogP contribution < -0.4 is 0 Å². The highest BCUT2D eigenvalue weighted by molar-refractivity contribution is 5.88. The maximum Gasteiger partial charge on any atom is 0.194 e. The third-order valence-corrected chi connectivity index (χ3v) is 2.33. The van der Waals surface area contributed by atoms with Gasteiger partial charge in [0.1, 0.15) is 12.2 Å². The Kier molecular flexibility index (Phi) is 4.18. The molecule has 4 nitrogen and oxygen atoms in total. The molecule has 1 aromatic rings. The molecule has 0 spiro atoms. The van der Waals surface area contributed by atoms with Crippen molar-refractivity contribution in [2.45, 2.75) is 25.7 Å². The van der Waals surface area contributed by atoms with Crippen LogP contribution in [0.5, 0.6) is 0 Å². The van der Waals surface area contributed by atoms with Crippen LogP contribution in [0.2, 0.25) is 0 Å². The average Bonchev–Trinajstić information content (AvgIpc) is 2.27. The molecule has 4 heteroatoms.